The summed E-state index contributed by atoms with van der Waals surface area (Å²) in [4.78, 5) is 25.3. The number of hydrogen-bond acceptors (Lipinski definition) is 11. The number of unbranched alkanes of at least 4 members (excludes halogenated alkanes) is 18. The molecular weight excluding hydrogens is 753 g/mol. The third kappa shape index (κ3) is 29.7. The van der Waals surface area contributed by atoms with Crippen molar-refractivity contribution < 1.29 is 56.8 Å². The molecule has 0 saturated carbocycles. The second kappa shape index (κ2) is 34.7. The predicted molar refractivity (Wildman–Crippen MR) is 224 cm³/mol. The fourth-order valence-electron chi connectivity index (χ4n) is 6.46. The maximum Gasteiger partial charge on any atom is 0.306 e. The molecule has 1 fully saturated rings. The first-order chi connectivity index (χ1) is 27.5. The zero-order valence-electron chi connectivity index (χ0n) is 35.2. The number of allylic oxidation sites excluding steroid dienone is 6. The Kier molecular flexibility index (Phi) is 32.2. The zero-order valence-corrected chi connectivity index (χ0v) is 36.0. The van der Waals surface area contributed by atoms with Crippen LogP contribution in [0, 0.1) is 0 Å². The van der Waals surface area contributed by atoms with Gasteiger partial charge >= 0.3 is 11.9 Å². The third-order valence-electron chi connectivity index (χ3n) is 9.94. The summed E-state index contributed by atoms with van der Waals surface area (Å²) in [6, 6.07) is 0. The molecule has 0 aliphatic carbocycles. The topological polar surface area (TPSA) is 186 Å². The average Bonchev–Trinajstić information content (AvgIpc) is 3.17. The fourth-order valence-corrected chi connectivity index (χ4v) is 7.16. The molecule has 0 aromatic carbocycles. The molecule has 332 valence electrons. The second-order valence-electron chi connectivity index (χ2n) is 15.4. The summed E-state index contributed by atoms with van der Waals surface area (Å²) in [6.45, 7) is 3.68. The molecule has 0 bridgehead atoms. The van der Waals surface area contributed by atoms with Gasteiger partial charge in [-0.2, -0.15) is 8.42 Å². The normalized spacial score (nSPS) is 20.8. The van der Waals surface area contributed by atoms with Gasteiger partial charge in [-0.15, -0.1) is 0 Å². The van der Waals surface area contributed by atoms with Crippen molar-refractivity contribution in [3.8, 4) is 0 Å². The van der Waals surface area contributed by atoms with E-state index in [2.05, 4.69) is 50.3 Å². The van der Waals surface area contributed by atoms with Crippen LogP contribution >= 0.6 is 0 Å². The second-order valence-corrected chi connectivity index (χ2v) is 16.9. The number of carbonyl (C=O) groups is 2. The molecule has 13 heteroatoms. The largest absolute Gasteiger partial charge is 0.462 e. The lowest BCUT2D eigenvalue weighted by Crippen LogP contribution is -2.60. The summed E-state index contributed by atoms with van der Waals surface area (Å²) in [5.74, 6) is -2.00. The molecule has 1 heterocycles. The molecule has 2 unspecified atom stereocenters. The molecule has 1 saturated heterocycles. The Bertz CT molecular complexity index is 1200. The summed E-state index contributed by atoms with van der Waals surface area (Å²) in [5, 5.41) is 30.8. The van der Waals surface area contributed by atoms with E-state index in [4.69, 9.17) is 18.9 Å². The van der Waals surface area contributed by atoms with Crippen LogP contribution in [0.3, 0.4) is 0 Å². The van der Waals surface area contributed by atoms with Gasteiger partial charge in [0.25, 0.3) is 10.1 Å². The first-order valence-electron chi connectivity index (χ1n) is 22.0. The fraction of sp³-hybridized carbons (Fsp3) is 0.818. The van der Waals surface area contributed by atoms with Crippen LogP contribution in [0.1, 0.15) is 174 Å². The Labute approximate surface area is 344 Å². The number of ether oxygens (including phenoxy) is 4. The Morgan fingerprint density at radius 1 is 0.596 bits per heavy atom. The quantitative estimate of drug-likeness (QED) is 0.0204. The third-order valence-corrected chi connectivity index (χ3v) is 10.7. The van der Waals surface area contributed by atoms with E-state index in [0.29, 0.717) is 12.8 Å². The number of carbonyl (C=O) groups excluding carboxylic acids is 2. The van der Waals surface area contributed by atoms with Crippen LogP contribution in [0.25, 0.3) is 0 Å². The van der Waals surface area contributed by atoms with Crippen LogP contribution in [0.5, 0.6) is 0 Å². The van der Waals surface area contributed by atoms with Crippen LogP contribution in [0.15, 0.2) is 36.5 Å². The lowest BCUT2D eigenvalue weighted by molar-refractivity contribution is -0.297. The summed E-state index contributed by atoms with van der Waals surface area (Å²) in [6.07, 6.45) is 29.0. The van der Waals surface area contributed by atoms with Crippen molar-refractivity contribution in [1.82, 2.24) is 0 Å². The van der Waals surface area contributed by atoms with Crippen LogP contribution in [0.2, 0.25) is 0 Å². The van der Waals surface area contributed by atoms with Gasteiger partial charge in [-0.05, 0) is 70.6 Å². The van der Waals surface area contributed by atoms with Gasteiger partial charge in [0.2, 0.25) is 0 Å². The van der Waals surface area contributed by atoms with Gasteiger partial charge in [-0.3, -0.25) is 14.1 Å². The van der Waals surface area contributed by atoms with Gasteiger partial charge in [-0.25, -0.2) is 0 Å². The lowest BCUT2D eigenvalue weighted by atomic mass is 10.00. The highest BCUT2D eigenvalue weighted by Crippen LogP contribution is 2.24. The van der Waals surface area contributed by atoms with E-state index in [1.165, 1.54) is 57.8 Å². The Morgan fingerprint density at radius 3 is 1.56 bits per heavy atom. The number of aliphatic hydroxyl groups excluding tert-OH is 3. The van der Waals surface area contributed by atoms with E-state index in [9.17, 15) is 37.9 Å². The standard InChI is InChI=1S/C44H78O12S/c1-3-5-7-9-11-13-15-17-18-19-20-21-23-24-26-28-30-32-39(45)53-34-37(35-54-44-43(49)42(48)41(47)38(56-44)36-57(50,51)52)55-40(46)33-31-29-27-25-22-16-14-12-10-8-6-4-2/h11-14,17-18,37-38,41-44,47-49H,3-10,15-16,19-36H2,1-2H3,(H,50,51,52)/b13-11+,14-12+,18-17+/t37-,38-,41-,42?,43?,44+/m1/s1. The van der Waals surface area contributed by atoms with E-state index in [1.807, 2.05) is 0 Å². The Hall–Kier alpha value is -2.13. The lowest BCUT2D eigenvalue weighted by Gasteiger charge is -2.40. The maximum atomic E-state index is 12.8. The van der Waals surface area contributed by atoms with Gasteiger partial charge in [0.05, 0.1) is 6.61 Å². The minimum atomic E-state index is -4.60. The smallest absolute Gasteiger partial charge is 0.306 e. The van der Waals surface area contributed by atoms with Crippen molar-refractivity contribution in [1.29, 1.82) is 0 Å². The van der Waals surface area contributed by atoms with Crippen LogP contribution in [0.4, 0.5) is 0 Å². The molecule has 0 spiro atoms. The predicted octanol–water partition coefficient (Wildman–Crippen LogP) is 8.61. The monoisotopic (exact) mass is 831 g/mol. The number of hydrogen-bond donors (Lipinski definition) is 4. The van der Waals surface area contributed by atoms with E-state index >= 15 is 0 Å². The highest BCUT2D eigenvalue weighted by molar-refractivity contribution is 7.85. The van der Waals surface area contributed by atoms with Crippen molar-refractivity contribution in [3.05, 3.63) is 36.5 Å². The molecular formula is C44H78O12S. The van der Waals surface area contributed by atoms with Crippen LogP contribution < -0.4 is 0 Å². The van der Waals surface area contributed by atoms with Crippen molar-refractivity contribution in [2.45, 2.75) is 211 Å². The Balaban J connectivity index is 2.46. The minimum Gasteiger partial charge on any atom is -0.462 e. The molecule has 0 amide bonds. The number of aliphatic hydroxyl groups is 3. The van der Waals surface area contributed by atoms with Crippen LogP contribution in [-0.4, -0.2) is 96.0 Å². The first-order valence-corrected chi connectivity index (χ1v) is 23.7. The first kappa shape index (κ1) is 52.9. The van der Waals surface area contributed by atoms with Gasteiger partial charge in [-0.1, -0.05) is 127 Å². The molecule has 1 aliphatic heterocycles. The molecule has 12 nitrogen and oxygen atoms in total. The molecule has 4 N–H and O–H groups in total. The van der Waals surface area contributed by atoms with Crippen LogP contribution in [-0.2, 0) is 38.7 Å². The molecule has 6 atom stereocenters. The van der Waals surface area contributed by atoms with Crippen molar-refractivity contribution in [2.24, 2.45) is 0 Å². The summed E-state index contributed by atoms with van der Waals surface area (Å²) >= 11 is 0. The van der Waals surface area contributed by atoms with E-state index in [1.54, 1.807) is 0 Å². The molecule has 1 aliphatic rings. The van der Waals surface area contributed by atoms with E-state index in [0.717, 1.165) is 77.0 Å². The maximum absolute atomic E-state index is 12.8. The molecule has 57 heavy (non-hydrogen) atoms. The Morgan fingerprint density at radius 2 is 1.05 bits per heavy atom. The minimum absolute atomic E-state index is 0.152. The molecule has 0 aromatic rings. The van der Waals surface area contributed by atoms with Gasteiger partial charge in [0.1, 0.15) is 36.8 Å². The number of esters is 2. The highest BCUT2D eigenvalue weighted by Gasteiger charge is 2.46. The SMILES string of the molecule is CCCCC/C=C/C/C=C/CCCCCCCCCC(=O)OC[C@H](CO[C@H]1O[C@H](CS(=O)(=O)O)[C@@H](O)C(O)C1O)OC(=O)CCCCCCC/C=C/CCCCC. The van der Waals surface area contributed by atoms with Crippen molar-refractivity contribution >= 4 is 22.1 Å². The van der Waals surface area contributed by atoms with E-state index in [-0.39, 0.29) is 19.4 Å². The highest BCUT2D eigenvalue weighted by atomic mass is 32.2. The average molecular weight is 831 g/mol. The van der Waals surface area contributed by atoms with Gasteiger partial charge < -0.3 is 34.3 Å². The summed E-state index contributed by atoms with van der Waals surface area (Å²) < 4.78 is 54.0. The number of rotatable bonds is 36. The van der Waals surface area contributed by atoms with Crippen molar-refractivity contribution in [2.75, 3.05) is 19.0 Å². The molecule has 0 aromatic heterocycles. The van der Waals surface area contributed by atoms with Gasteiger partial charge in [0.15, 0.2) is 12.4 Å². The van der Waals surface area contributed by atoms with Gasteiger partial charge in [0, 0.05) is 12.8 Å². The summed E-state index contributed by atoms with van der Waals surface area (Å²) in [5.41, 5.74) is 0. The summed E-state index contributed by atoms with van der Waals surface area (Å²) in [7, 11) is -4.60. The van der Waals surface area contributed by atoms with E-state index < -0.39 is 71.2 Å². The molecule has 0 radical (unpaired) electrons. The zero-order chi connectivity index (χ0) is 42.0. The van der Waals surface area contributed by atoms with Crippen molar-refractivity contribution in [3.63, 3.8) is 0 Å². The molecule has 1 rings (SSSR count).